The second kappa shape index (κ2) is 6.50. The maximum absolute atomic E-state index is 11.5. The fraction of sp³-hybridized carbons (Fsp3) is 0.571. The van der Waals surface area contributed by atoms with Crippen molar-refractivity contribution in [2.45, 2.75) is 31.1 Å². The Kier molecular flexibility index (Phi) is 5.52. The highest BCUT2D eigenvalue weighted by Crippen LogP contribution is 2.13. The van der Waals surface area contributed by atoms with Crippen LogP contribution >= 0.6 is 0 Å². The summed E-state index contributed by atoms with van der Waals surface area (Å²) >= 11 is 0. The van der Waals surface area contributed by atoms with E-state index < -0.39 is 20.7 Å². The lowest BCUT2D eigenvalue weighted by atomic mass is 10.1. The summed E-state index contributed by atoms with van der Waals surface area (Å²) < 4.78 is 22.2. The molecule has 1 aromatic rings. The van der Waals surface area contributed by atoms with Crippen LogP contribution < -0.4 is 5.32 Å². The van der Waals surface area contributed by atoms with Gasteiger partial charge in [0.1, 0.15) is 0 Å². The van der Waals surface area contributed by atoms with Crippen molar-refractivity contribution in [3.05, 3.63) is 35.9 Å². The van der Waals surface area contributed by atoms with Gasteiger partial charge in [-0.25, -0.2) is 8.42 Å². The van der Waals surface area contributed by atoms with Crippen molar-refractivity contribution in [2.24, 2.45) is 0 Å². The van der Waals surface area contributed by atoms with Crippen molar-refractivity contribution >= 4 is 9.84 Å². The third-order valence-corrected chi connectivity index (χ3v) is 5.40. The van der Waals surface area contributed by atoms with Crippen LogP contribution in [0.1, 0.15) is 19.4 Å². The van der Waals surface area contributed by atoms with Crippen LogP contribution in [0.15, 0.2) is 30.3 Å². The standard InChI is InChI=1S/C14H23NO3S/c1-14(2,19(3,17)18)11-15-10-13(16)9-12-7-5-4-6-8-12/h4-8,13,15-16H,9-11H2,1-3H3. The van der Waals surface area contributed by atoms with Crippen LogP contribution in [0, 0.1) is 0 Å². The number of hydrogen-bond donors (Lipinski definition) is 2. The SMILES string of the molecule is CC(C)(CNCC(O)Cc1ccccc1)S(C)(=O)=O. The summed E-state index contributed by atoms with van der Waals surface area (Å²) in [5.41, 5.74) is 1.07. The van der Waals surface area contributed by atoms with Crippen molar-refractivity contribution < 1.29 is 13.5 Å². The molecule has 0 spiro atoms. The molecule has 1 aromatic carbocycles. The Morgan fingerprint density at radius 1 is 1.26 bits per heavy atom. The molecule has 0 aliphatic carbocycles. The Labute approximate surface area is 115 Å². The molecular weight excluding hydrogens is 262 g/mol. The number of benzene rings is 1. The lowest BCUT2D eigenvalue weighted by Gasteiger charge is -2.23. The van der Waals surface area contributed by atoms with Gasteiger partial charge in [-0.1, -0.05) is 30.3 Å². The fourth-order valence-corrected chi connectivity index (χ4v) is 1.99. The minimum absolute atomic E-state index is 0.331. The van der Waals surface area contributed by atoms with Crippen LogP contribution in [-0.2, 0) is 16.3 Å². The van der Waals surface area contributed by atoms with Gasteiger partial charge in [-0.2, -0.15) is 0 Å². The summed E-state index contributed by atoms with van der Waals surface area (Å²) in [6, 6.07) is 9.72. The van der Waals surface area contributed by atoms with Gasteiger partial charge >= 0.3 is 0 Å². The largest absolute Gasteiger partial charge is 0.391 e. The monoisotopic (exact) mass is 285 g/mol. The topological polar surface area (TPSA) is 66.4 Å². The minimum Gasteiger partial charge on any atom is -0.391 e. The van der Waals surface area contributed by atoms with E-state index in [1.807, 2.05) is 30.3 Å². The third-order valence-electron chi connectivity index (χ3n) is 3.25. The molecule has 0 saturated heterocycles. The summed E-state index contributed by atoms with van der Waals surface area (Å²) in [6.07, 6.45) is 1.28. The molecular formula is C14H23NO3S. The van der Waals surface area contributed by atoms with Gasteiger partial charge in [0.2, 0.25) is 0 Å². The van der Waals surface area contributed by atoms with Gasteiger partial charge in [0, 0.05) is 19.3 Å². The molecule has 0 heterocycles. The number of rotatable bonds is 7. The molecule has 0 radical (unpaired) electrons. The number of hydrogen-bond acceptors (Lipinski definition) is 4. The zero-order valence-electron chi connectivity index (χ0n) is 11.8. The molecule has 0 aliphatic rings. The second-order valence-corrected chi connectivity index (χ2v) is 8.16. The predicted molar refractivity (Wildman–Crippen MR) is 77.9 cm³/mol. The first kappa shape index (κ1) is 16.1. The van der Waals surface area contributed by atoms with Gasteiger partial charge < -0.3 is 10.4 Å². The minimum atomic E-state index is -3.10. The first-order valence-corrected chi connectivity index (χ1v) is 8.24. The summed E-state index contributed by atoms with van der Waals surface area (Å²) in [5.74, 6) is 0. The predicted octanol–water partition coefficient (Wildman–Crippen LogP) is 1.00. The molecule has 0 amide bonds. The van der Waals surface area contributed by atoms with E-state index in [1.165, 1.54) is 6.26 Å². The first-order valence-electron chi connectivity index (χ1n) is 6.35. The third kappa shape index (κ3) is 5.30. The smallest absolute Gasteiger partial charge is 0.153 e. The van der Waals surface area contributed by atoms with E-state index in [4.69, 9.17) is 0 Å². The lowest BCUT2D eigenvalue weighted by Crippen LogP contribution is -2.44. The zero-order valence-corrected chi connectivity index (χ0v) is 12.6. The van der Waals surface area contributed by atoms with Gasteiger partial charge in [-0.05, 0) is 25.8 Å². The van der Waals surface area contributed by atoms with Crippen LogP contribution in [-0.4, -0.2) is 43.7 Å². The van der Waals surface area contributed by atoms with Gasteiger partial charge in [0.05, 0.1) is 10.9 Å². The van der Waals surface area contributed by atoms with Crippen molar-refractivity contribution in [3.8, 4) is 0 Å². The maximum atomic E-state index is 11.5. The normalized spacial score (nSPS) is 14.3. The lowest BCUT2D eigenvalue weighted by molar-refractivity contribution is 0.171. The van der Waals surface area contributed by atoms with Crippen LogP contribution in [0.2, 0.25) is 0 Å². The van der Waals surface area contributed by atoms with E-state index in [0.29, 0.717) is 19.5 Å². The highest BCUT2D eigenvalue weighted by atomic mass is 32.2. The molecule has 108 valence electrons. The number of aliphatic hydroxyl groups excluding tert-OH is 1. The van der Waals surface area contributed by atoms with Crippen LogP contribution in [0.25, 0.3) is 0 Å². The molecule has 4 nitrogen and oxygen atoms in total. The Balaban J connectivity index is 2.38. The van der Waals surface area contributed by atoms with Crippen LogP contribution in [0.4, 0.5) is 0 Å². The maximum Gasteiger partial charge on any atom is 0.153 e. The fourth-order valence-electron chi connectivity index (χ4n) is 1.63. The van der Waals surface area contributed by atoms with E-state index in [2.05, 4.69) is 5.32 Å². The van der Waals surface area contributed by atoms with Gasteiger partial charge in [0.25, 0.3) is 0 Å². The van der Waals surface area contributed by atoms with Gasteiger partial charge in [-0.3, -0.25) is 0 Å². The molecule has 5 heteroatoms. The summed E-state index contributed by atoms with van der Waals surface area (Å²) in [4.78, 5) is 0. The zero-order chi connectivity index (χ0) is 14.5. The van der Waals surface area contributed by atoms with Crippen LogP contribution in [0.3, 0.4) is 0 Å². The van der Waals surface area contributed by atoms with E-state index in [-0.39, 0.29) is 0 Å². The van der Waals surface area contributed by atoms with E-state index >= 15 is 0 Å². The van der Waals surface area contributed by atoms with Gasteiger partial charge in [0.15, 0.2) is 9.84 Å². The summed E-state index contributed by atoms with van der Waals surface area (Å²) in [6.45, 7) is 4.07. The highest BCUT2D eigenvalue weighted by Gasteiger charge is 2.29. The molecule has 0 aromatic heterocycles. The molecule has 1 atom stereocenters. The molecule has 0 bridgehead atoms. The van der Waals surface area contributed by atoms with E-state index in [9.17, 15) is 13.5 Å². The summed E-state index contributed by atoms with van der Waals surface area (Å²) in [7, 11) is -3.10. The molecule has 1 rings (SSSR count). The molecule has 0 fully saturated rings. The van der Waals surface area contributed by atoms with Crippen molar-refractivity contribution in [3.63, 3.8) is 0 Å². The van der Waals surface area contributed by atoms with Crippen molar-refractivity contribution in [2.75, 3.05) is 19.3 Å². The molecule has 19 heavy (non-hydrogen) atoms. The number of nitrogens with one attached hydrogen (secondary N) is 1. The molecule has 0 aliphatic heterocycles. The van der Waals surface area contributed by atoms with Gasteiger partial charge in [-0.15, -0.1) is 0 Å². The van der Waals surface area contributed by atoms with Crippen LogP contribution in [0.5, 0.6) is 0 Å². The second-order valence-electron chi connectivity index (χ2n) is 5.51. The number of aliphatic hydroxyl groups is 1. The molecule has 1 unspecified atom stereocenters. The molecule has 2 N–H and O–H groups in total. The Bertz CT molecular complexity index is 483. The average Bonchev–Trinajstić information content (AvgIpc) is 2.28. The Morgan fingerprint density at radius 3 is 2.37 bits per heavy atom. The quantitative estimate of drug-likeness (QED) is 0.784. The highest BCUT2D eigenvalue weighted by molar-refractivity contribution is 7.92. The molecule has 0 saturated carbocycles. The Morgan fingerprint density at radius 2 is 1.84 bits per heavy atom. The number of sulfone groups is 1. The van der Waals surface area contributed by atoms with Crippen molar-refractivity contribution in [1.29, 1.82) is 0 Å². The first-order chi connectivity index (χ1) is 8.72. The van der Waals surface area contributed by atoms with Crippen molar-refractivity contribution in [1.82, 2.24) is 5.32 Å². The summed E-state index contributed by atoms with van der Waals surface area (Å²) in [5, 5.41) is 12.9. The van der Waals surface area contributed by atoms with E-state index in [0.717, 1.165) is 5.56 Å². The Hall–Kier alpha value is -0.910. The average molecular weight is 285 g/mol. The van der Waals surface area contributed by atoms with E-state index in [1.54, 1.807) is 13.8 Å².